The van der Waals surface area contributed by atoms with Gasteiger partial charge in [-0.15, -0.1) is 0 Å². The summed E-state index contributed by atoms with van der Waals surface area (Å²) in [5, 5.41) is 3.52. The second-order valence-electron chi connectivity index (χ2n) is 7.01. The Labute approximate surface area is 128 Å². The first-order valence-corrected chi connectivity index (χ1v) is 7.78. The summed E-state index contributed by atoms with van der Waals surface area (Å²) in [6.45, 7) is 13.8. The summed E-state index contributed by atoms with van der Waals surface area (Å²) < 4.78 is 11.4. The Kier molecular flexibility index (Phi) is 5.22. The molecule has 0 amide bonds. The molecular weight excluding hydrogens is 264 g/mol. The molecule has 1 atom stereocenters. The highest BCUT2D eigenvalue weighted by molar-refractivity contribution is 5.36. The Morgan fingerprint density at radius 3 is 2.76 bits per heavy atom. The Morgan fingerprint density at radius 2 is 2.14 bits per heavy atom. The summed E-state index contributed by atoms with van der Waals surface area (Å²) >= 11 is 0. The summed E-state index contributed by atoms with van der Waals surface area (Å²) in [5.41, 5.74) is 3.48. The SMILES string of the molecule is Cc1cc(C)c(CNC(C)(C)C)c(OCC2CCOC2)n1. The molecule has 1 aliphatic heterocycles. The minimum atomic E-state index is 0.0773. The fraction of sp³-hybridized carbons (Fsp3) is 0.706. The fourth-order valence-corrected chi connectivity index (χ4v) is 2.43. The zero-order chi connectivity index (χ0) is 15.5. The molecule has 0 spiro atoms. The summed E-state index contributed by atoms with van der Waals surface area (Å²) in [6, 6.07) is 2.12. The highest BCUT2D eigenvalue weighted by Crippen LogP contribution is 2.23. The van der Waals surface area contributed by atoms with E-state index in [9.17, 15) is 0 Å². The van der Waals surface area contributed by atoms with Crippen LogP contribution in [0.2, 0.25) is 0 Å². The molecule has 2 rings (SSSR count). The highest BCUT2D eigenvalue weighted by Gasteiger charge is 2.19. The number of hydrogen-bond donors (Lipinski definition) is 1. The Morgan fingerprint density at radius 1 is 1.38 bits per heavy atom. The Hall–Kier alpha value is -1.13. The molecular formula is C17H28N2O2. The number of ether oxygens (including phenoxy) is 2. The van der Waals surface area contributed by atoms with Crippen LogP contribution in [0.25, 0.3) is 0 Å². The number of rotatable bonds is 5. The second-order valence-corrected chi connectivity index (χ2v) is 7.01. The predicted octanol–water partition coefficient (Wildman–Crippen LogP) is 3.00. The number of pyridine rings is 1. The van der Waals surface area contributed by atoms with Gasteiger partial charge in [-0.1, -0.05) is 0 Å². The largest absolute Gasteiger partial charge is 0.477 e. The average Bonchev–Trinajstić information content (AvgIpc) is 2.86. The van der Waals surface area contributed by atoms with E-state index in [0.717, 1.165) is 43.3 Å². The van der Waals surface area contributed by atoms with Gasteiger partial charge in [0.1, 0.15) is 0 Å². The molecule has 1 aromatic heterocycles. The van der Waals surface area contributed by atoms with Gasteiger partial charge in [0.25, 0.3) is 0 Å². The first-order valence-electron chi connectivity index (χ1n) is 7.78. The maximum absolute atomic E-state index is 6.02. The normalized spacial score (nSPS) is 19.0. The van der Waals surface area contributed by atoms with Crippen molar-refractivity contribution in [2.45, 2.75) is 53.1 Å². The molecule has 1 fully saturated rings. The molecule has 0 aliphatic carbocycles. The lowest BCUT2D eigenvalue weighted by Crippen LogP contribution is -2.35. The molecule has 1 aliphatic rings. The van der Waals surface area contributed by atoms with Crippen molar-refractivity contribution in [1.29, 1.82) is 0 Å². The summed E-state index contributed by atoms with van der Waals surface area (Å²) in [4.78, 5) is 4.59. The quantitative estimate of drug-likeness (QED) is 0.906. The van der Waals surface area contributed by atoms with Gasteiger partial charge in [-0.2, -0.15) is 0 Å². The van der Waals surface area contributed by atoms with Gasteiger partial charge < -0.3 is 14.8 Å². The zero-order valence-corrected chi connectivity index (χ0v) is 14.0. The van der Waals surface area contributed by atoms with Crippen LogP contribution in [-0.2, 0) is 11.3 Å². The minimum Gasteiger partial charge on any atom is -0.477 e. The third kappa shape index (κ3) is 4.97. The first kappa shape index (κ1) is 16.2. The third-order valence-electron chi connectivity index (χ3n) is 3.71. The van der Waals surface area contributed by atoms with E-state index in [4.69, 9.17) is 9.47 Å². The van der Waals surface area contributed by atoms with E-state index in [-0.39, 0.29) is 5.54 Å². The van der Waals surface area contributed by atoms with Gasteiger partial charge in [0.05, 0.1) is 13.2 Å². The van der Waals surface area contributed by atoms with E-state index >= 15 is 0 Å². The number of nitrogens with zero attached hydrogens (tertiary/aromatic N) is 1. The molecule has 1 aromatic rings. The van der Waals surface area contributed by atoms with Crippen molar-refractivity contribution in [3.8, 4) is 5.88 Å². The monoisotopic (exact) mass is 292 g/mol. The lowest BCUT2D eigenvalue weighted by atomic mass is 10.1. The van der Waals surface area contributed by atoms with Crippen LogP contribution >= 0.6 is 0 Å². The molecule has 0 saturated carbocycles. The van der Waals surface area contributed by atoms with E-state index in [1.807, 2.05) is 6.92 Å². The van der Waals surface area contributed by atoms with Crippen LogP contribution < -0.4 is 10.1 Å². The lowest BCUT2D eigenvalue weighted by Gasteiger charge is -2.23. The molecule has 0 bridgehead atoms. The molecule has 0 aromatic carbocycles. The van der Waals surface area contributed by atoms with E-state index in [1.165, 1.54) is 5.56 Å². The maximum Gasteiger partial charge on any atom is 0.218 e. The summed E-state index contributed by atoms with van der Waals surface area (Å²) in [7, 11) is 0. The van der Waals surface area contributed by atoms with Crippen LogP contribution in [0.15, 0.2) is 6.07 Å². The Balaban J connectivity index is 2.09. The molecule has 2 heterocycles. The van der Waals surface area contributed by atoms with Gasteiger partial charge in [-0.3, -0.25) is 0 Å². The van der Waals surface area contributed by atoms with Gasteiger partial charge in [0.15, 0.2) is 0 Å². The van der Waals surface area contributed by atoms with Crippen LogP contribution in [0, 0.1) is 19.8 Å². The van der Waals surface area contributed by atoms with E-state index in [2.05, 4.69) is 44.1 Å². The van der Waals surface area contributed by atoms with Crippen molar-refractivity contribution < 1.29 is 9.47 Å². The van der Waals surface area contributed by atoms with Gasteiger partial charge in [0, 0.05) is 35.9 Å². The van der Waals surface area contributed by atoms with Crippen LogP contribution in [0.3, 0.4) is 0 Å². The van der Waals surface area contributed by atoms with Crippen molar-refractivity contribution in [2.75, 3.05) is 19.8 Å². The van der Waals surface area contributed by atoms with Crippen molar-refractivity contribution >= 4 is 0 Å². The second kappa shape index (κ2) is 6.75. The lowest BCUT2D eigenvalue weighted by molar-refractivity contribution is 0.165. The molecule has 1 N–H and O–H groups in total. The van der Waals surface area contributed by atoms with Crippen molar-refractivity contribution in [3.63, 3.8) is 0 Å². The molecule has 118 valence electrons. The highest BCUT2D eigenvalue weighted by atomic mass is 16.5. The van der Waals surface area contributed by atoms with Gasteiger partial charge >= 0.3 is 0 Å². The third-order valence-corrected chi connectivity index (χ3v) is 3.71. The van der Waals surface area contributed by atoms with E-state index in [1.54, 1.807) is 0 Å². The first-order chi connectivity index (χ1) is 9.85. The van der Waals surface area contributed by atoms with Crippen LogP contribution in [0.1, 0.15) is 44.0 Å². The van der Waals surface area contributed by atoms with Crippen LogP contribution in [0.5, 0.6) is 5.88 Å². The van der Waals surface area contributed by atoms with E-state index in [0.29, 0.717) is 12.5 Å². The van der Waals surface area contributed by atoms with Crippen molar-refractivity contribution in [3.05, 3.63) is 22.9 Å². The summed E-state index contributed by atoms with van der Waals surface area (Å²) in [6.07, 6.45) is 1.08. The van der Waals surface area contributed by atoms with Gasteiger partial charge in [-0.25, -0.2) is 4.98 Å². The summed E-state index contributed by atoms with van der Waals surface area (Å²) in [5.74, 6) is 1.27. The number of aromatic nitrogens is 1. The molecule has 21 heavy (non-hydrogen) atoms. The molecule has 4 nitrogen and oxygen atoms in total. The average molecular weight is 292 g/mol. The van der Waals surface area contributed by atoms with Gasteiger partial charge in [-0.05, 0) is 52.7 Å². The number of aryl methyl sites for hydroxylation is 2. The minimum absolute atomic E-state index is 0.0773. The number of hydrogen-bond acceptors (Lipinski definition) is 4. The fourth-order valence-electron chi connectivity index (χ4n) is 2.43. The Bertz CT molecular complexity index is 474. The van der Waals surface area contributed by atoms with Crippen molar-refractivity contribution in [1.82, 2.24) is 10.3 Å². The topological polar surface area (TPSA) is 43.4 Å². The molecule has 0 radical (unpaired) electrons. The molecule has 1 unspecified atom stereocenters. The molecule has 4 heteroatoms. The van der Waals surface area contributed by atoms with E-state index < -0.39 is 0 Å². The maximum atomic E-state index is 6.02. The predicted molar refractivity (Wildman–Crippen MR) is 84.7 cm³/mol. The number of nitrogens with one attached hydrogen (secondary N) is 1. The van der Waals surface area contributed by atoms with Crippen LogP contribution in [-0.4, -0.2) is 30.3 Å². The molecule has 1 saturated heterocycles. The van der Waals surface area contributed by atoms with Crippen molar-refractivity contribution in [2.24, 2.45) is 5.92 Å². The standard InChI is InChI=1S/C17H28N2O2/c1-12-8-13(2)19-16(15(12)9-18-17(3,4)5)21-11-14-6-7-20-10-14/h8,14,18H,6-7,9-11H2,1-5H3. The van der Waals surface area contributed by atoms with Gasteiger partial charge in [0.2, 0.25) is 5.88 Å². The van der Waals surface area contributed by atoms with Crippen LogP contribution in [0.4, 0.5) is 0 Å². The smallest absolute Gasteiger partial charge is 0.218 e. The zero-order valence-electron chi connectivity index (χ0n) is 14.0.